The van der Waals surface area contributed by atoms with E-state index in [0.29, 0.717) is 12.4 Å². The van der Waals surface area contributed by atoms with Gasteiger partial charge in [-0.15, -0.1) is 0 Å². The summed E-state index contributed by atoms with van der Waals surface area (Å²) in [5, 5.41) is 10.4. The van der Waals surface area contributed by atoms with Gasteiger partial charge in [-0.1, -0.05) is 12.1 Å². The lowest BCUT2D eigenvalue weighted by molar-refractivity contribution is 0.293. The second-order valence-electron chi connectivity index (χ2n) is 4.72. The molecule has 4 nitrogen and oxygen atoms in total. The molecule has 1 aromatic carbocycles. The van der Waals surface area contributed by atoms with Gasteiger partial charge in [0.1, 0.15) is 0 Å². The predicted molar refractivity (Wildman–Crippen MR) is 76.3 cm³/mol. The lowest BCUT2D eigenvalue weighted by Gasteiger charge is -2.08. The van der Waals surface area contributed by atoms with Crippen LogP contribution in [0.5, 0.6) is 5.75 Å². The van der Waals surface area contributed by atoms with Crippen LogP contribution >= 0.6 is 0 Å². The summed E-state index contributed by atoms with van der Waals surface area (Å²) in [6.07, 6.45) is 0.824. The van der Waals surface area contributed by atoms with Crippen LogP contribution in [0.25, 0.3) is 0 Å². The van der Waals surface area contributed by atoms with E-state index in [9.17, 15) is 4.39 Å². The van der Waals surface area contributed by atoms with Gasteiger partial charge in [0.05, 0.1) is 12.3 Å². The number of benzene rings is 1. The summed E-state index contributed by atoms with van der Waals surface area (Å²) in [7, 11) is 0. The van der Waals surface area contributed by atoms with Gasteiger partial charge in [0.25, 0.3) is 0 Å². The number of aryl methyl sites for hydroxylation is 2. The van der Waals surface area contributed by atoms with E-state index < -0.39 is 0 Å². The predicted octanol–water partition coefficient (Wildman–Crippen LogP) is 2.72. The quantitative estimate of drug-likeness (QED) is 0.765. The van der Waals surface area contributed by atoms with Crippen molar-refractivity contribution in [1.82, 2.24) is 15.5 Å². The maximum absolute atomic E-state index is 13.3. The Morgan fingerprint density at radius 3 is 2.80 bits per heavy atom. The maximum Gasteiger partial charge on any atom is 0.165 e. The number of hydrogen-bond donors (Lipinski definition) is 2. The second kappa shape index (κ2) is 7.05. The van der Waals surface area contributed by atoms with Gasteiger partial charge in [-0.25, -0.2) is 4.39 Å². The van der Waals surface area contributed by atoms with Crippen LogP contribution in [-0.4, -0.2) is 23.3 Å². The van der Waals surface area contributed by atoms with Crippen LogP contribution in [0.2, 0.25) is 0 Å². The van der Waals surface area contributed by atoms with Gasteiger partial charge in [-0.2, -0.15) is 5.10 Å². The smallest absolute Gasteiger partial charge is 0.165 e. The van der Waals surface area contributed by atoms with Gasteiger partial charge in [0, 0.05) is 17.8 Å². The number of halogens is 1. The molecule has 108 valence electrons. The molecule has 0 bridgehead atoms. The molecule has 0 radical (unpaired) electrons. The molecule has 0 saturated carbocycles. The minimum Gasteiger partial charge on any atom is -0.490 e. The molecule has 5 heteroatoms. The number of nitrogens with zero attached hydrogens (tertiary/aromatic N) is 1. The van der Waals surface area contributed by atoms with E-state index in [1.54, 1.807) is 18.2 Å². The van der Waals surface area contributed by atoms with E-state index in [0.717, 1.165) is 30.9 Å². The van der Waals surface area contributed by atoms with E-state index in [1.807, 2.05) is 13.8 Å². The Bertz CT molecular complexity index is 534. The van der Waals surface area contributed by atoms with Crippen molar-refractivity contribution in [3.05, 3.63) is 47.0 Å². The molecule has 0 spiro atoms. The lowest BCUT2D eigenvalue weighted by atomic mass is 10.2. The average molecular weight is 277 g/mol. The minimum absolute atomic E-state index is 0.314. The highest BCUT2D eigenvalue weighted by molar-refractivity contribution is 5.23. The van der Waals surface area contributed by atoms with Crippen molar-refractivity contribution in [3.8, 4) is 5.75 Å². The number of rotatable bonds is 7. The monoisotopic (exact) mass is 277 g/mol. The third-order valence-electron chi connectivity index (χ3n) is 3.17. The van der Waals surface area contributed by atoms with Crippen molar-refractivity contribution in [2.45, 2.75) is 26.8 Å². The Kier molecular flexibility index (Phi) is 5.12. The zero-order valence-electron chi connectivity index (χ0n) is 11.9. The van der Waals surface area contributed by atoms with Gasteiger partial charge in [-0.05, 0) is 38.9 Å². The van der Waals surface area contributed by atoms with Crippen molar-refractivity contribution < 1.29 is 9.13 Å². The topological polar surface area (TPSA) is 49.9 Å². The first-order chi connectivity index (χ1) is 9.68. The van der Waals surface area contributed by atoms with E-state index >= 15 is 0 Å². The summed E-state index contributed by atoms with van der Waals surface area (Å²) < 4.78 is 18.7. The molecule has 2 N–H and O–H groups in total. The normalized spacial score (nSPS) is 10.8. The minimum atomic E-state index is -0.315. The van der Waals surface area contributed by atoms with Gasteiger partial charge in [-0.3, -0.25) is 5.10 Å². The van der Waals surface area contributed by atoms with Crippen LogP contribution in [0.4, 0.5) is 4.39 Å². The summed E-state index contributed by atoms with van der Waals surface area (Å²) in [5.41, 5.74) is 3.33. The van der Waals surface area contributed by atoms with Gasteiger partial charge < -0.3 is 10.1 Å². The first-order valence-electron chi connectivity index (χ1n) is 6.77. The van der Waals surface area contributed by atoms with Crippen LogP contribution in [0.3, 0.4) is 0 Å². The van der Waals surface area contributed by atoms with Crippen LogP contribution in [0.1, 0.15) is 23.4 Å². The first kappa shape index (κ1) is 14.5. The molecule has 1 aromatic heterocycles. The Morgan fingerprint density at radius 1 is 1.30 bits per heavy atom. The van der Waals surface area contributed by atoms with Crippen LogP contribution < -0.4 is 10.1 Å². The van der Waals surface area contributed by atoms with E-state index in [2.05, 4.69) is 15.5 Å². The number of ether oxygens (including phenoxy) is 1. The molecule has 0 aliphatic rings. The van der Waals surface area contributed by atoms with Crippen LogP contribution in [0, 0.1) is 19.7 Å². The Labute approximate surface area is 118 Å². The molecule has 0 unspecified atom stereocenters. The molecule has 0 aliphatic carbocycles. The summed E-state index contributed by atoms with van der Waals surface area (Å²) >= 11 is 0. The highest BCUT2D eigenvalue weighted by Gasteiger charge is 2.05. The second-order valence-corrected chi connectivity index (χ2v) is 4.72. The molecule has 0 fully saturated rings. The third kappa shape index (κ3) is 3.81. The Morgan fingerprint density at radius 2 is 2.10 bits per heavy atom. The molecule has 0 amide bonds. The zero-order valence-corrected chi connectivity index (χ0v) is 11.9. The molecule has 2 rings (SSSR count). The first-order valence-corrected chi connectivity index (χ1v) is 6.77. The van der Waals surface area contributed by atoms with Gasteiger partial charge in [0.15, 0.2) is 11.6 Å². The lowest BCUT2D eigenvalue weighted by Crippen LogP contribution is -2.17. The fraction of sp³-hybridized carbons (Fsp3) is 0.400. The summed E-state index contributed by atoms with van der Waals surface area (Å²) in [4.78, 5) is 0. The Balaban J connectivity index is 1.64. The molecule has 0 saturated heterocycles. The number of para-hydroxylation sites is 1. The van der Waals surface area contributed by atoms with E-state index in [4.69, 9.17) is 4.74 Å². The number of hydrogen-bond acceptors (Lipinski definition) is 3. The van der Waals surface area contributed by atoms with Gasteiger partial charge >= 0.3 is 0 Å². The number of aromatic amines is 1. The maximum atomic E-state index is 13.3. The van der Waals surface area contributed by atoms with Crippen LogP contribution in [-0.2, 0) is 6.54 Å². The molecular formula is C15H20FN3O. The highest BCUT2D eigenvalue weighted by Crippen LogP contribution is 2.15. The fourth-order valence-electron chi connectivity index (χ4n) is 1.99. The molecular weight excluding hydrogens is 257 g/mol. The van der Waals surface area contributed by atoms with Crippen molar-refractivity contribution in [2.24, 2.45) is 0 Å². The van der Waals surface area contributed by atoms with E-state index in [-0.39, 0.29) is 5.82 Å². The average Bonchev–Trinajstić information content (AvgIpc) is 2.76. The largest absolute Gasteiger partial charge is 0.490 e. The highest BCUT2D eigenvalue weighted by atomic mass is 19.1. The number of H-pyrrole nitrogens is 1. The number of aromatic nitrogens is 2. The van der Waals surface area contributed by atoms with Crippen molar-refractivity contribution >= 4 is 0 Å². The SMILES string of the molecule is Cc1n[nH]c(C)c1CNCCCOc1ccccc1F. The third-order valence-corrected chi connectivity index (χ3v) is 3.17. The van der Waals surface area contributed by atoms with Crippen molar-refractivity contribution in [2.75, 3.05) is 13.2 Å². The number of nitrogens with one attached hydrogen (secondary N) is 2. The van der Waals surface area contributed by atoms with Crippen LogP contribution in [0.15, 0.2) is 24.3 Å². The molecule has 2 aromatic rings. The summed E-state index contributed by atoms with van der Waals surface area (Å²) in [5.74, 6) is -0.000806. The van der Waals surface area contributed by atoms with Crippen molar-refractivity contribution in [1.29, 1.82) is 0 Å². The summed E-state index contributed by atoms with van der Waals surface area (Å²) in [6, 6.07) is 6.46. The Hall–Kier alpha value is -1.88. The molecule has 0 aliphatic heterocycles. The van der Waals surface area contributed by atoms with Gasteiger partial charge in [0.2, 0.25) is 0 Å². The standard InChI is InChI=1S/C15H20FN3O/c1-11-13(12(2)19-18-11)10-17-8-5-9-20-15-7-4-3-6-14(15)16/h3-4,6-7,17H,5,8-10H2,1-2H3,(H,18,19). The fourth-order valence-corrected chi connectivity index (χ4v) is 1.99. The zero-order chi connectivity index (χ0) is 14.4. The molecule has 1 heterocycles. The molecule has 20 heavy (non-hydrogen) atoms. The summed E-state index contributed by atoms with van der Waals surface area (Å²) in [6.45, 7) is 6.10. The molecule has 0 atom stereocenters. The van der Waals surface area contributed by atoms with E-state index in [1.165, 1.54) is 11.6 Å². The van der Waals surface area contributed by atoms with Crippen molar-refractivity contribution in [3.63, 3.8) is 0 Å².